The summed E-state index contributed by atoms with van der Waals surface area (Å²) in [7, 11) is 1.70. The van der Waals surface area contributed by atoms with E-state index in [2.05, 4.69) is 56.4 Å². The topological polar surface area (TPSA) is 21.3 Å². The van der Waals surface area contributed by atoms with E-state index in [0.717, 1.165) is 24.4 Å². The summed E-state index contributed by atoms with van der Waals surface area (Å²) in [5, 5.41) is 3.40. The van der Waals surface area contributed by atoms with Crippen LogP contribution in [0.1, 0.15) is 45.6 Å². The number of rotatable bonds is 8. The van der Waals surface area contributed by atoms with E-state index in [0.29, 0.717) is 0 Å². The molecule has 20 heavy (non-hydrogen) atoms. The summed E-state index contributed by atoms with van der Waals surface area (Å²) in [4.78, 5) is 0. The van der Waals surface area contributed by atoms with Gasteiger partial charge in [-0.25, -0.2) is 0 Å². The summed E-state index contributed by atoms with van der Waals surface area (Å²) in [5.41, 5.74) is 3.60. The van der Waals surface area contributed by atoms with E-state index < -0.39 is 0 Å². The summed E-state index contributed by atoms with van der Waals surface area (Å²) in [6, 6.07) is 6.16. The number of hydrogen-bond acceptors (Lipinski definition) is 2. The Balaban J connectivity index is 2.90. The van der Waals surface area contributed by atoms with Gasteiger partial charge < -0.3 is 10.1 Å². The lowest BCUT2D eigenvalue weighted by Gasteiger charge is -2.12. The predicted molar refractivity (Wildman–Crippen MR) is 89.5 cm³/mol. The van der Waals surface area contributed by atoms with Crippen LogP contribution >= 0.6 is 0 Å². The van der Waals surface area contributed by atoms with Crippen LogP contribution in [-0.2, 0) is 0 Å². The third kappa shape index (κ3) is 5.12. The molecule has 0 aliphatic heterocycles. The van der Waals surface area contributed by atoms with E-state index in [-0.39, 0.29) is 0 Å². The Morgan fingerprint density at radius 1 is 1.30 bits per heavy atom. The van der Waals surface area contributed by atoms with Crippen molar-refractivity contribution in [2.75, 3.05) is 19.0 Å². The Kier molecular flexibility index (Phi) is 7.56. The number of anilines is 1. The number of allylic oxidation sites excluding steroid dienone is 4. The molecule has 1 rings (SSSR count). The van der Waals surface area contributed by atoms with Crippen molar-refractivity contribution < 1.29 is 4.74 Å². The fourth-order valence-electron chi connectivity index (χ4n) is 2.04. The van der Waals surface area contributed by atoms with Gasteiger partial charge in [-0.15, -0.1) is 0 Å². The van der Waals surface area contributed by atoms with Gasteiger partial charge in [0.1, 0.15) is 5.75 Å². The predicted octanol–water partition coefficient (Wildman–Crippen LogP) is 5.28. The van der Waals surface area contributed by atoms with Crippen molar-refractivity contribution in [3.8, 4) is 5.75 Å². The fraction of sp³-hybridized carbons (Fsp3) is 0.444. The molecule has 1 aromatic carbocycles. The average molecular weight is 273 g/mol. The standard InChI is InChI=1S/C18H27NO/c1-5-7-8-9-10-11-15(3)17-14-16(20-4)12-13-18(17)19-6-2/h9-14,19H,5-8H2,1-4H3/b10-9+,15-11+. The molecule has 0 saturated carbocycles. The van der Waals surface area contributed by atoms with Crippen molar-refractivity contribution >= 4 is 11.3 Å². The molecule has 2 heteroatoms. The Bertz CT molecular complexity index is 460. The highest BCUT2D eigenvalue weighted by atomic mass is 16.5. The minimum atomic E-state index is 0.893. The molecule has 0 saturated heterocycles. The van der Waals surface area contributed by atoms with Crippen molar-refractivity contribution in [1.29, 1.82) is 0 Å². The lowest BCUT2D eigenvalue weighted by Crippen LogP contribution is -2.00. The molecule has 0 amide bonds. The second kappa shape index (κ2) is 9.24. The molecule has 0 aliphatic carbocycles. The van der Waals surface area contributed by atoms with Crippen LogP contribution in [0.15, 0.2) is 36.4 Å². The maximum absolute atomic E-state index is 5.32. The van der Waals surface area contributed by atoms with Gasteiger partial charge in [0, 0.05) is 17.8 Å². The molecule has 0 fully saturated rings. The van der Waals surface area contributed by atoms with E-state index in [1.807, 2.05) is 6.07 Å². The molecule has 0 unspecified atom stereocenters. The number of benzene rings is 1. The Labute approximate surface area is 123 Å². The van der Waals surface area contributed by atoms with Gasteiger partial charge in [0.15, 0.2) is 0 Å². The zero-order chi connectivity index (χ0) is 14.8. The number of hydrogen-bond donors (Lipinski definition) is 1. The van der Waals surface area contributed by atoms with E-state index in [4.69, 9.17) is 4.74 Å². The third-order valence-corrected chi connectivity index (χ3v) is 3.23. The maximum Gasteiger partial charge on any atom is 0.119 e. The van der Waals surface area contributed by atoms with Crippen LogP contribution in [0.2, 0.25) is 0 Å². The van der Waals surface area contributed by atoms with Crippen molar-refractivity contribution in [2.45, 2.75) is 40.0 Å². The number of methoxy groups -OCH3 is 1. The largest absolute Gasteiger partial charge is 0.497 e. The first-order chi connectivity index (χ1) is 9.72. The highest BCUT2D eigenvalue weighted by Crippen LogP contribution is 2.28. The lowest BCUT2D eigenvalue weighted by molar-refractivity contribution is 0.414. The molecule has 0 spiro atoms. The van der Waals surface area contributed by atoms with Crippen LogP contribution in [0.5, 0.6) is 5.75 Å². The van der Waals surface area contributed by atoms with Crippen LogP contribution in [0.4, 0.5) is 5.69 Å². The van der Waals surface area contributed by atoms with Crippen LogP contribution in [0.3, 0.4) is 0 Å². The van der Waals surface area contributed by atoms with Crippen molar-refractivity contribution in [2.24, 2.45) is 0 Å². The summed E-state index contributed by atoms with van der Waals surface area (Å²) in [5.74, 6) is 0.893. The molecule has 110 valence electrons. The van der Waals surface area contributed by atoms with Gasteiger partial charge in [0.05, 0.1) is 7.11 Å². The van der Waals surface area contributed by atoms with Crippen LogP contribution in [-0.4, -0.2) is 13.7 Å². The molecular formula is C18H27NO. The molecule has 0 bridgehead atoms. The van der Waals surface area contributed by atoms with E-state index in [1.165, 1.54) is 24.0 Å². The first kappa shape index (κ1) is 16.4. The minimum Gasteiger partial charge on any atom is -0.497 e. The molecular weight excluding hydrogens is 246 g/mol. The van der Waals surface area contributed by atoms with Crippen molar-refractivity contribution in [1.82, 2.24) is 0 Å². The smallest absolute Gasteiger partial charge is 0.119 e. The first-order valence-corrected chi connectivity index (χ1v) is 7.48. The highest BCUT2D eigenvalue weighted by molar-refractivity contribution is 5.77. The zero-order valence-corrected chi connectivity index (χ0v) is 13.2. The van der Waals surface area contributed by atoms with E-state index in [9.17, 15) is 0 Å². The first-order valence-electron chi connectivity index (χ1n) is 7.48. The second-order valence-electron chi connectivity index (χ2n) is 4.86. The monoisotopic (exact) mass is 273 g/mol. The quantitative estimate of drug-likeness (QED) is 0.514. The Morgan fingerprint density at radius 2 is 2.10 bits per heavy atom. The van der Waals surface area contributed by atoms with Gasteiger partial charge in [-0.05, 0) is 44.0 Å². The Morgan fingerprint density at radius 3 is 2.75 bits per heavy atom. The normalized spacial score (nSPS) is 11.9. The van der Waals surface area contributed by atoms with Crippen LogP contribution in [0, 0.1) is 0 Å². The summed E-state index contributed by atoms with van der Waals surface area (Å²) < 4.78 is 5.32. The average Bonchev–Trinajstić information content (AvgIpc) is 2.47. The fourth-order valence-corrected chi connectivity index (χ4v) is 2.04. The van der Waals surface area contributed by atoms with E-state index >= 15 is 0 Å². The minimum absolute atomic E-state index is 0.893. The van der Waals surface area contributed by atoms with Crippen molar-refractivity contribution in [3.05, 3.63) is 42.0 Å². The summed E-state index contributed by atoms with van der Waals surface area (Å²) >= 11 is 0. The summed E-state index contributed by atoms with van der Waals surface area (Å²) in [6.45, 7) is 7.38. The maximum atomic E-state index is 5.32. The van der Waals surface area contributed by atoms with Gasteiger partial charge in [0.2, 0.25) is 0 Å². The van der Waals surface area contributed by atoms with Gasteiger partial charge >= 0.3 is 0 Å². The van der Waals surface area contributed by atoms with Gasteiger partial charge in [-0.1, -0.05) is 38.0 Å². The number of unbranched alkanes of at least 4 members (excludes halogenated alkanes) is 2. The van der Waals surface area contributed by atoms with Crippen molar-refractivity contribution in [3.63, 3.8) is 0 Å². The molecule has 2 nitrogen and oxygen atoms in total. The lowest BCUT2D eigenvalue weighted by atomic mass is 10.0. The molecule has 0 atom stereocenters. The molecule has 1 N–H and O–H groups in total. The number of ether oxygens (including phenoxy) is 1. The molecule has 0 aliphatic rings. The summed E-state index contributed by atoms with van der Waals surface area (Å²) in [6.07, 6.45) is 10.2. The van der Waals surface area contributed by atoms with Gasteiger partial charge in [-0.3, -0.25) is 0 Å². The van der Waals surface area contributed by atoms with Gasteiger partial charge in [-0.2, -0.15) is 0 Å². The van der Waals surface area contributed by atoms with E-state index in [1.54, 1.807) is 7.11 Å². The van der Waals surface area contributed by atoms with Gasteiger partial charge in [0.25, 0.3) is 0 Å². The SMILES string of the molecule is CCCC/C=C/C=C(\C)c1cc(OC)ccc1NCC. The van der Waals surface area contributed by atoms with Crippen LogP contribution in [0.25, 0.3) is 5.57 Å². The molecule has 0 heterocycles. The van der Waals surface area contributed by atoms with Crippen LogP contribution < -0.4 is 10.1 Å². The second-order valence-corrected chi connectivity index (χ2v) is 4.86. The Hall–Kier alpha value is -1.70. The highest BCUT2D eigenvalue weighted by Gasteiger charge is 2.05. The number of nitrogens with one attached hydrogen (secondary N) is 1. The zero-order valence-electron chi connectivity index (χ0n) is 13.2. The molecule has 0 aromatic heterocycles. The molecule has 0 radical (unpaired) electrons. The third-order valence-electron chi connectivity index (χ3n) is 3.23. The molecule has 1 aromatic rings.